The predicted molar refractivity (Wildman–Crippen MR) is 149 cm³/mol. The maximum atomic E-state index is 11.7. The molecule has 1 aliphatic heterocycles. The summed E-state index contributed by atoms with van der Waals surface area (Å²) < 4.78 is 24.4. The highest BCUT2D eigenvalue weighted by Crippen LogP contribution is 2.17. The zero-order valence-corrected chi connectivity index (χ0v) is 24.9. The molecule has 1 fully saturated rings. The van der Waals surface area contributed by atoms with Crippen molar-refractivity contribution in [3.63, 3.8) is 0 Å². The monoisotopic (exact) mass is 645 g/mol. The van der Waals surface area contributed by atoms with Gasteiger partial charge in [0.15, 0.2) is 0 Å². The van der Waals surface area contributed by atoms with Crippen LogP contribution in [0, 0.1) is 11.5 Å². The van der Waals surface area contributed by atoms with E-state index in [1.165, 1.54) is 6.07 Å². The summed E-state index contributed by atoms with van der Waals surface area (Å²) in [5, 5.41) is 29.6. The lowest BCUT2D eigenvalue weighted by Crippen LogP contribution is -2.45. The van der Waals surface area contributed by atoms with Crippen molar-refractivity contribution in [1.82, 2.24) is 4.90 Å². The van der Waals surface area contributed by atoms with Gasteiger partial charge in [0.2, 0.25) is 0 Å². The Morgan fingerprint density at radius 1 is 1.35 bits per heavy atom. The van der Waals surface area contributed by atoms with Crippen molar-refractivity contribution < 1.29 is 46.3 Å². The molecule has 1 amide bonds. The number of carboxylic acids is 1. The summed E-state index contributed by atoms with van der Waals surface area (Å²) >= 11 is 0. The number of anilines is 1. The Morgan fingerprint density at radius 3 is 2.35 bits per heavy atom. The van der Waals surface area contributed by atoms with Crippen LogP contribution >= 0.6 is 24.0 Å². The smallest absolute Gasteiger partial charge is 0.411 e. The highest BCUT2D eigenvalue weighted by Gasteiger charge is 2.16. The van der Waals surface area contributed by atoms with Crippen LogP contribution in [0.4, 0.5) is 10.5 Å². The maximum absolute atomic E-state index is 11.7. The van der Waals surface area contributed by atoms with Gasteiger partial charge >= 0.3 is 12.1 Å². The molecule has 1 saturated heterocycles. The number of aliphatic hydroxyl groups is 1. The first kappa shape index (κ1) is 36.5. The molecule has 0 radical (unpaired) electrons. The van der Waals surface area contributed by atoms with E-state index >= 15 is 0 Å². The number of nitrogens with zero attached hydrogens (tertiary/aromatic N) is 3. The molecule has 0 aromatic heterocycles. The number of aliphatic carboxylic acids is 1. The van der Waals surface area contributed by atoms with Crippen molar-refractivity contribution >= 4 is 47.7 Å². The van der Waals surface area contributed by atoms with Gasteiger partial charge in [-0.2, -0.15) is 0 Å². The molecule has 1 aliphatic rings. The molecule has 0 aliphatic carbocycles. The Morgan fingerprint density at radius 2 is 1.95 bits per heavy atom. The lowest BCUT2D eigenvalue weighted by molar-refractivity contribution is -0.890. The number of amides is 1. The SMILES string of the molecule is CC.CN(C)CCO.C[N+](C)(CCOC(=O)Nc1cccc(OC#N)c1)CCC(=O)[O-].I.O=C1CCO1.[2H][3H]. The van der Waals surface area contributed by atoms with Gasteiger partial charge in [0.25, 0.3) is 6.26 Å². The summed E-state index contributed by atoms with van der Waals surface area (Å²) in [6.07, 6.45) is 1.48. The second-order valence-corrected chi connectivity index (χ2v) is 7.98. The molecule has 1 aromatic carbocycles. The van der Waals surface area contributed by atoms with Crippen molar-refractivity contribution in [2.45, 2.75) is 26.7 Å². The number of carbonyl (C=O) groups excluding carboxylic acids is 3. The summed E-state index contributed by atoms with van der Waals surface area (Å²) in [6.45, 7) is 6.66. The van der Waals surface area contributed by atoms with E-state index in [1.54, 1.807) is 24.5 Å². The molecule has 13 heteroatoms. The van der Waals surface area contributed by atoms with Gasteiger partial charge in [-0.15, -0.1) is 29.2 Å². The maximum Gasteiger partial charge on any atom is 0.411 e. The average molecular weight is 646 g/mol. The van der Waals surface area contributed by atoms with Crippen LogP contribution in [0.1, 0.15) is 29.7 Å². The third kappa shape index (κ3) is 24.8. The molecule has 12 nitrogen and oxygen atoms in total. The van der Waals surface area contributed by atoms with Crippen molar-refractivity contribution in [2.24, 2.45) is 0 Å². The number of likely N-dealkylation sites (N-methyl/N-ethyl adjacent to an activating group) is 2. The zero-order chi connectivity index (χ0) is 30.0. The molecule has 2 N–H and O–H groups in total. The van der Waals surface area contributed by atoms with Gasteiger partial charge in [-0.1, -0.05) is 19.9 Å². The summed E-state index contributed by atoms with van der Waals surface area (Å²) in [6, 6.07) is 6.33. The van der Waals surface area contributed by atoms with Gasteiger partial charge < -0.3 is 38.6 Å². The first-order valence-corrected chi connectivity index (χ1v) is 11.5. The Hall–Kier alpha value is -2.67. The number of ether oxygens (including phenoxy) is 3. The third-order valence-electron chi connectivity index (χ3n) is 4.21. The first-order valence-electron chi connectivity index (χ1n) is 12.5. The van der Waals surface area contributed by atoms with Crippen molar-refractivity contribution in [1.29, 1.82) is 5.26 Å². The van der Waals surface area contributed by atoms with Crippen LogP contribution in [0.5, 0.6) is 5.75 Å². The molecule has 0 saturated carbocycles. The predicted octanol–water partition coefficient (Wildman–Crippen LogP) is 1.68. The molecular formula is C24H43IN4O8. The molecule has 2 rings (SSSR count). The molecule has 37 heavy (non-hydrogen) atoms. The standard InChI is InChI=1S/C15H19N3O5.C4H11NO.C3H4O2.C2H6.HI.H2/c1-18(2,7-6-14(19)20)8-9-22-15(21)17-12-4-3-5-13(10-12)23-11-16;1-5(2)3-4-6;4-3-1-2-5-3;1-2;;/h3-5,10H,6-9H2,1-2H3,(H-,17,19,20,21);6H,3-4H2,1-2H3;1-2H2;1-2H3;2*1H/i;;;;;1+2D. The van der Waals surface area contributed by atoms with E-state index in [0.29, 0.717) is 42.0 Å². The number of rotatable bonds is 10. The Bertz CT molecular complexity index is 822. The van der Waals surface area contributed by atoms with Gasteiger partial charge in [0.1, 0.15) is 25.5 Å². The first-order chi connectivity index (χ1) is 18.0. The van der Waals surface area contributed by atoms with Gasteiger partial charge in [0, 0.05) is 33.7 Å². The van der Waals surface area contributed by atoms with E-state index in [4.69, 9.17) is 18.1 Å². The number of aliphatic hydroxyl groups excluding tert-OH is 1. The fourth-order valence-electron chi connectivity index (χ4n) is 2.12. The largest absolute Gasteiger partial charge is 0.550 e. The molecule has 0 spiro atoms. The number of cyclic esters (lactones) is 1. The van der Waals surface area contributed by atoms with E-state index in [0.717, 1.165) is 6.54 Å². The molecule has 0 atom stereocenters. The molecular weight excluding hydrogens is 599 g/mol. The number of nitriles is 1. The van der Waals surface area contributed by atoms with Crippen LogP contribution < -0.4 is 15.2 Å². The molecule has 0 bridgehead atoms. The van der Waals surface area contributed by atoms with Gasteiger partial charge in [0.05, 0.1) is 33.7 Å². The number of esters is 1. The van der Waals surface area contributed by atoms with E-state index in [9.17, 15) is 19.5 Å². The van der Waals surface area contributed by atoms with E-state index in [1.807, 2.05) is 46.9 Å². The quantitative estimate of drug-likeness (QED) is 0.166. The lowest BCUT2D eigenvalue weighted by atomic mass is 10.3. The number of halogens is 1. The van der Waals surface area contributed by atoms with Crippen molar-refractivity contribution in [3.05, 3.63) is 24.3 Å². The number of benzene rings is 1. The minimum atomic E-state index is -1.10. The Kier molecular flexibility index (Phi) is 23.4. The van der Waals surface area contributed by atoms with Gasteiger partial charge in [-0.3, -0.25) is 10.1 Å². The number of hydrogen-bond acceptors (Lipinski definition) is 10. The Labute approximate surface area is 239 Å². The number of carboxylic acid groups (broad SMARTS) is 1. The molecule has 0 unspecified atom stereocenters. The third-order valence-corrected chi connectivity index (χ3v) is 4.21. The highest BCUT2D eigenvalue weighted by molar-refractivity contribution is 14.0. The summed E-state index contributed by atoms with van der Waals surface area (Å²) in [5.74, 6) is -0.857. The Balaban J connectivity index is -0.000000313. The summed E-state index contributed by atoms with van der Waals surface area (Å²) in [4.78, 5) is 33.7. The number of hydrogen-bond donors (Lipinski definition) is 2. The number of quaternary nitrogens is 1. The topological polar surface area (TPSA) is 161 Å². The van der Waals surface area contributed by atoms with E-state index < -0.39 is 12.1 Å². The second-order valence-electron chi connectivity index (χ2n) is 7.98. The van der Waals surface area contributed by atoms with E-state index in [-0.39, 0.29) is 49.6 Å². The van der Waals surface area contributed by atoms with Crippen LogP contribution in [0.3, 0.4) is 0 Å². The summed E-state index contributed by atoms with van der Waals surface area (Å²) in [5.41, 5.74) is 0.438. The van der Waals surface area contributed by atoms with Crippen molar-refractivity contribution in [3.8, 4) is 12.0 Å². The van der Waals surface area contributed by atoms with Gasteiger partial charge in [-0.25, -0.2) is 4.79 Å². The second kappa shape index (κ2) is 23.7. The lowest BCUT2D eigenvalue weighted by Gasteiger charge is -2.29. The fourth-order valence-corrected chi connectivity index (χ4v) is 2.12. The number of carbonyl (C=O) groups is 3. The average Bonchev–Trinajstić information content (AvgIpc) is 2.85. The summed E-state index contributed by atoms with van der Waals surface area (Å²) in [7, 11) is 7.53. The number of nitrogens with one attached hydrogen (secondary N) is 1. The normalized spacial score (nSPS) is 11.3. The van der Waals surface area contributed by atoms with Crippen LogP contribution in [-0.4, -0.2) is 100 Å². The fraction of sp³-hybridized carbons (Fsp3) is 0.583. The van der Waals surface area contributed by atoms with Crippen molar-refractivity contribution in [2.75, 3.05) is 73.0 Å². The zero-order valence-electron chi connectivity index (χ0n) is 24.5. The van der Waals surface area contributed by atoms with E-state index in [2.05, 4.69) is 14.8 Å². The highest BCUT2D eigenvalue weighted by atomic mass is 127. The van der Waals surface area contributed by atoms with Crippen LogP contribution in [0.2, 0.25) is 0 Å². The van der Waals surface area contributed by atoms with Crippen LogP contribution in [0.25, 0.3) is 0 Å². The molecule has 1 aromatic rings. The van der Waals surface area contributed by atoms with Gasteiger partial charge in [-0.05, 0) is 26.2 Å². The molecule has 1 heterocycles. The minimum absolute atomic E-state index is 0. The van der Waals surface area contributed by atoms with Crippen LogP contribution in [0.15, 0.2) is 24.3 Å². The van der Waals surface area contributed by atoms with Crippen LogP contribution in [-0.2, 0) is 19.1 Å². The molecule has 214 valence electrons. The minimum Gasteiger partial charge on any atom is -0.550 e.